The monoisotopic (exact) mass is 500 g/mol. The Morgan fingerprint density at radius 2 is 1.39 bits per heavy atom. The van der Waals surface area contributed by atoms with E-state index in [1.54, 1.807) is 12.6 Å². The van der Waals surface area contributed by atoms with Gasteiger partial charge in [-0.15, -0.1) is 0 Å². The Morgan fingerprint density at radius 3 is 1.89 bits per heavy atom. The number of ether oxygens (including phenoxy) is 2. The highest BCUT2D eigenvalue weighted by Crippen LogP contribution is 2.41. The van der Waals surface area contributed by atoms with E-state index < -0.39 is 11.6 Å². The van der Waals surface area contributed by atoms with Crippen molar-refractivity contribution in [3.8, 4) is 0 Å². The molecule has 1 aliphatic carbocycles. The van der Waals surface area contributed by atoms with Crippen LogP contribution in [0.1, 0.15) is 41.3 Å². The van der Waals surface area contributed by atoms with Gasteiger partial charge < -0.3 is 19.1 Å². The number of aliphatic hydroxyl groups excluding tert-OH is 1. The van der Waals surface area contributed by atoms with E-state index in [-0.39, 0.29) is 5.76 Å². The average Bonchev–Trinajstić information content (AvgIpc) is 3.50. The van der Waals surface area contributed by atoms with E-state index in [1.807, 2.05) is 72.9 Å². The molecule has 1 atom stereocenters. The molecule has 1 aromatic heterocycles. The Bertz CT molecular complexity index is 1420. The number of benzene rings is 3. The standard InChI is InChI=1S/C33H28N2O3/c36-32(31-23-37-30(22-38-31)25-13-5-1-6-14-25)29-21-35(24-34-29)33(26-15-7-2-8-16-26,27-17-9-3-10-18-27)28-19-11-4-12-20-28/h1-5,7-13,15-24,32,36H,6,14H2. The molecule has 1 unspecified atom stereocenters. The van der Waals surface area contributed by atoms with E-state index in [2.05, 4.69) is 52.0 Å². The molecule has 0 amide bonds. The molecule has 0 saturated heterocycles. The summed E-state index contributed by atoms with van der Waals surface area (Å²) >= 11 is 0. The first-order valence-electron chi connectivity index (χ1n) is 12.8. The van der Waals surface area contributed by atoms with Gasteiger partial charge in [0.1, 0.15) is 18.1 Å². The van der Waals surface area contributed by atoms with Gasteiger partial charge in [-0.1, -0.05) is 109 Å². The van der Waals surface area contributed by atoms with Crippen LogP contribution < -0.4 is 0 Å². The first kappa shape index (κ1) is 23.8. The fourth-order valence-electron chi connectivity index (χ4n) is 5.18. The van der Waals surface area contributed by atoms with Gasteiger partial charge in [0.05, 0.1) is 12.0 Å². The Morgan fingerprint density at radius 1 is 0.789 bits per heavy atom. The number of imidazole rings is 1. The zero-order chi connectivity index (χ0) is 25.8. The summed E-state index contributed by atoms with van der Waals surface area (Å²) in [6.45, 7) is 0. The van der Waals surface area contributed by atoms with Crippen LogP contribution in [-0.4, -0.2) is 14.7 Å². The summed E-state index contributed by atoms with van der Waals surface area (Å²) in [7, 11) is 0. The second kappa shape index (κ2) is 10.4. The maximum atomic E-state index is 11.2. The second-order valence-corrected chi connectivity index (χ2v) is 9.31. The van der Waals surface area contributed by atoms with Gasteiger partial charge in [-0.25, -0.2) is 4.98 Å². The van der Waals surface area contributed by atoms with E-state index in [9.17, 15) is 5.11 Å². The number of allylic oxidation sites excluding steroid dienone is 4. The molecule has 188 valence electrons. The van der Waals surface area contributed by atoms with E-state index in [1.165, 1.54) is 6.26 Å². The van der Waals surface area contributed by atoms with Crippen LogP contribution in [0.25, 0.3) is 0 Å². The van der Waals surface area contributed by atoms with Crippen LogP contribution in [0.2, 0.25) is 0 Å². The Balaban J connectivity index is 1.40. The van der Waals surface area contributed by atoms with Gasteiger partial charge in [0.15, 0.2) is 17.6 Å². The van der Waals surface area contributed by atoms with Crippen molar-refractivity contribution in [2.24, 2.45) is 0 Å². The Kier molecular flexibility index (Phi) is 6.51. The second-order valence-electron chi connectivity index (χ2n) is 9.31. The van der Waals surface area contributed by atoms with Gasteiger partial charge in [-0.2, -0.15) is 0 Å². The van der Waals surface area contributed by atoms with Crippen LogP contribution in [0.3, 0.4) is 0 Å². The lowest BCUT2D eigenvalue weighted by Crippen LogP contribution is -2.37. The van der Waals surface area contributed by atoms with Crippen LogP contribution in [0.15, 0.2) is 151 Å². The quantitative estimate of drug-likeness (QED) is 0.285. The molecular formula is C33H28N2O3. The zero-order valence-corrected chi connectivity index (χ0v) is 20.9. The molecule has 5 nitrogen and oxygen atoms in total. The first-order valence-corrected chi connectivity index (χ1v) is 12.8. The van der Waals surface area contributed by atoms with Crippen molar-refractivity contribution >= 4 is 0 Å². The molecule has 3 aromatic carbocycles. The van der Waals surface area contributed by atoms with E-state index >= 15 is 0 Å². The SMILES string of the molecule is OC(C1=COC(C2=CC=CCC2)=CO1)c1cn(C(c2ccccc2)(c2ccccc2)c2ccccc2)cn1. The highest BCUT2D eigenvalue weighted by atomic mass is 16.5. The molecule has 0 fully saturated rings. The number of hydrogen-bond donors (Lipinski definition) is 1. The fourth-order valence-corrected chi connectivity index (χ4v) is 5.18. The van der Waals surface area contributed by atoms with Crippen molar-refractivity contribution in [1.29, 1.82) is 0 Å². The number of nitrogens with zero attached hydrogens (tertiary/aromatic N) is 2. The predicted molar refractivity (Wildman–Crippen MR) is 147 cm³/mol. The average molecular weight is 501 g/mol. The predicted octanol–water partition coefficient (Wildman–Crippen LogP) is 6.76. The van der Waals surface area contributed by atoms with Crippen LogP contribution in [0.5, 0.6) is 0 Å². The molecule has 6 rings (SSSR count). The maximum absolute atomic E-state index is 11.2. The van der Waals surface area contributed by atoms with Crippen molar-refractivity contribution < 1.29 is 14.6 Å². The Labute approximate surface area is 222 Å². The van der Waals surface area contributed by atoms with Gasteiger partial charge in [0.25, 0.3) is 0 Å². The van der Waals surface area contributed by atoms with Crippen LogP contribution in [0, 0.1) is 0 Å². The molecule has 2 heterocycles. The number of rotatable bonds is 7. The summed E-state index contributed by atoms with van der Waals surface area (Å²) in [6, 6.07) is 31.0. The number of aliphatic hydroxyl groups is 1. The van der Waals surface area contributed by atoms with Gasteiger partial charge in [-0.05, 0) is 35.1 Å². The van der Waals surface area contributed by atoms with E-state index in [0.29, 0.717) is 11.5 Å². The van der Waals surface area contributed by atoms with Gasteiger partial charge in [-0.3, -0.25) is 0 Å². The fraction of sp³-hybridized carbons (Fsp3) is 0.121. The normalized spacial score (nSPS) is 16.0. The third-order valence-corrected chi connectivity index (χ3v) is 7.05. The van der Waals surface area contributed by atoms with Crippen LogP contribution in [0.4, 0.5) is 0 Å². The smallest absolute Gasteiger partial charge is 0.173 e. The minimum atomic E-state index is -1.09. The topological polar surface area (TPSA) is 56.5 Å². The molecule has 0 spiro atoms. The number of aromatic nitrogens is 2. The molecule has 0 bridgehead atoms. The summed E-state index contributed by atoms with van der Waals surface area (Å²) in [4.78, 5) is 4.64. The third kappa shape index (κ3) is 4.27. The van der Waals surface area contributed by atoms with Crippen molar-refractivity contribution in [1.82, 2.24) is 9.55 Å². The van der Waals surface area contributed by atoms with Crippen molar-refractivity contribution in [3.05, 3.63) is 174 Å². The summed E-state index contributed by atoms with van der Waals surface area (Å²) in [5.41, 5.74) is 4.06. The zero-order valence-electron chi connectivity index (χ0n) is 20.9. The highest BCUT2D eigenvalue weighted by molar-refractivity contribution is 5.50. The summed E-state index contributed by atoms with van der Waals surface area (Å²) < 4.78 is 13.7. The molecule has 4 aromatic rings. The van der Waals surface area contributed by atoms with Crippen molar-refractivity contribution in [3.63, 3.8) is 0 Å². The van der Waals surface area contributed by atoms with E-state index in [4.69, 9.17) is 9.47 Å². The van der Waals surface area contributed by atoms with Crippen molar-refractivity contribution in [2.75, 3.05) is 0 Å². The summed E-state index contributed by atoms with van der Waals surface area (Å²) in [5, 5.41) is 11.2. The van der Waals surface area contributed by atoms with Gasteiger partial charge in [0.2, 0.25) is 0 Å². The third-order valence-electron chi connectivity index (χ3n) is 7.05. The molecule has 5 heteroatoms. The van der Waals surface area contributed by atoms with Gasteiger partial charge in [0, 0.05) is 6.20 Å². The lowest BCUT2D eigenvalue weighted by Gasteiger charge is -2.37. The lowest BCUT2D eigenvalue weighted by molar-refractivity contribution is 0.115. The molecule has 1 aliphatic heterocycles. The highest BCUT2D eigenvalue weighted by Gasteiger charge is 2.39. The van der Waals surface area contributed by atoms with E-state index in [0.717, 1.165) is 35.1 Å². The van der Waals surface area contributed by atoms with Crippen LogP contribution >= 0.6 is 0 Å². The van der Waals surface area contributed by atoms with Crippen LogP contribution in [-0.2, 0) is 15.0 Å². The summed E-state index contributed by atoms with van der Waals surface area (Å²) in [5.74, 6) is 0.947. The minimum absolute atomic E-state index is 0.288. The molecule has 38 heavy (non-hydrogen) atoms. The first-order chi connectivity index (χ1) is 18.8. The lowest BCUT2D eigenvalue weighted by atomic mass is 9.77. The summed E-state index contributed by atoms with van der Waals surface area (Å²) in [6.07, 6.45) is 13.6. The number of hydrogen-bond acceptors (Lipinski definition) is 4. The largest absolute Gasteiger partial charge is 0.459 e. The molecule has 1 N–H and O–H groups in total. The molecule has 2 aliphatic rings. The minimum Gasteiger partial charge on any atom is -0.459 e. The maximum Gasteiger partial charge on any atom is 0.173 e. The van der Waals surface area contributed by atoms with Gasteiger partial charge >= 0.3 is 0 Å². The Hall–Kier alpha value is -4.61. The van der Waals surface area contributed by atoms with Crippen molar-refractivity contribution in [2.45, 2.75) is 24.5 Å². The molecule has 0 radical (unpaired) electrons. The molecular weight excluding hydrogens is 472 g/mol. The molecule has 0 saturated carbocycles.